The fraction of sp³-hybridized carbons (Fsp3) is 0.923. The van der Waals surface area contributed by atoms with Crippen LogP contribution in [0.25, 0.3) is 0 Å². The summed E-state index contributed by atoms with van der Waals surface area (Å²) in [4.78, 5) is 13.2. The lowest BCUT2D eigenvalue weighted by Crippen LogP contribution is -2.47. The lowest BCUT2D eigenvalue weighted by atomic mass is 10.1. The largest absolute Gasteiger partial charge is 0.406 e. The standard InChI is InChI=1S/C13H21F3N2O/c1-9(10-4-5-10)18(8-13(14,15)16)12(19)7-11-3-2-6-17-11/h9-11,17H,2-8H2,1H3. The minimum Gasteiger partial charge on any atom is -0.331 e. The first kappa shape index (κ1) is 14.6. The number of amides is 1. The Bertz CT molecular complexity index is 322. The van der Waals surface area contributed by atoms with Crippen LogP contribution < -0.4 is 5.32 Å². The van der Waals surface area contributed by atoms with Crippen LogP contribution in [-0.4, -0.2) is 42.2 Å². The van der Waals surface area contributed by atoms with Crippen molar-refractivity contribution < 1.29 is 18.0 Å². The summed E-state index contributed by atoms with van der Waals surface area (Å²) in [5.74, 6) is -0.112. The lowest BCUT2D eigenvalue weighted by Gasteiger charge is -2.31. The molecule has 0 aromatic rings. The Hall–Kier alpha value is -0.780. The molecule has 0 aromatic heterocycles. The third-order valence-corrected chi connectivity index (χ3v) is 4.05. The van der Waals surface area contributed by atoms with Crippen LogP contribution in [0.3, 0.4) is 0 Å². The van der Waals surface area contributed by atoms with E-state index in [0.717, 1.165) is 37.1 Å². The van der Waals surface area contributed by atoms with Crippen LogP contribution in [-0.2, 0) is 4.79 Å². The summed E-state index contributed by atoms with van der Waals surface area (Å²) in [5.41, 5.74) is 0. The molecule has 2 aliphatic rings. The van der Waals surface area contributed by atoms with E-state index in [1.165, 1.54) is 0 Å². The Balaban J connectivity index is 1.96. The van der Waals surface area contributed by atoms with Crippen molar-refractivity contribution in [2.24, 2.45) is 5.92 Å². The van der Waals surface area contributed by atoms with Crippen molar-refractivity contribution in [2.45, 2.75) is 57.3 Å². The van der Waals surface area contributed by atoms with Gasteiger partial charge < -0.3 is 10.2 Å². The van der Waals surface area contributed by atoms with E-state index in [1.807, 2.05) is 0 Å². The second-order valence-corrected chi connectivity index (χ2v) is 5.71. The van der Waals surface area contributed by atoms with Gasteiger partial charge in [-0.2, -0.15) is 13.2 Å². The van der Waals surface area contributed by atoms with E-state index < -0.39 is 12.7 Å². The highest BCUT2D eigenvalue weighted by molar-refractivity contribution is 5.77. The maximum Gasteiger partial charge on any atom is 0.406 e. The summed E-state index contributed by atoms with van der Waals surface area (Å²) in [7, 11) is 0. The lowest BCUT2D eigenvalue weighted by molar-refractivity contribution is -0.166. The Morgan fingerprint density at radius 2 is 2.05 bits per heavy atom. The van der Waals surface area contributed by atoms with Crippen molar-refractivity contribution >= 4 is 5.91 Å². The smallest absolute Gasteiger partial charge is 0.331 e. The highest BCUT2D eigenvalue weighted by atomic mass is 19.4. The van der Waals surface area contributed by atoms with Crippen LogP contribution in [0.5, 0.6) is 0 Å². The number of carbonyl (C=O) groups excluding carboxylic acids is 1. The third kappa shape index (κ3) is 4.37. The average molecular weight is 278 g/mol. The molecule has 110 valence electrons. The molecule has 1 saturated carbocycles. The van der Waals surface area contributed by atoms with Crippen LogP contribution in [0.4, 0.5) is 13.2 Å². The molecular weight excluding hydrogens is 257 g/mol. The van der Waals surface area contributed by atoms with Crippen LogP contribution in [0, 0.1) is 5.92 Å². The van der Waals surface area contributed by atoms with E-state index >= 15 is 0 Å². The zero-order chi connectivity index (χ0) is 14.0. The van der Waals surface area contributed by atoms with Gasteiger partial charge in [-0.25, -0.2) is 0 Å². The maximum absolute atomic E-state index is 12.6. The Kier molecular flexibility index (Phi) is 4.38. The number of nitrogens with one attached hydrogen (secondary N) is 1. The van der Waals surface area contributed by atoms with E-state index in [0.29, 0.717) is 0 Å². The van der Waals surface area contributed by atoms with Gasteiger partial charge in [0.05, 0.1) is 0 Å². The minimum absolute atomic E-state index is 0.0506. The average Bonchev–Trinajstić information content (AvgIpc) is 3.04. The highest BCUT2D eigenvalue weighted by Crippen LogP contribution is 2.36. The van der Waals surface area contributed by atoms with Gasteiger partial charge in [-0.05, 0) is 45.1 Å². The molecule has 3 nitrogen and oxygen atoms in total. The predicted molar refractivity (Wildman–Crippen MR) is 65.6 cm³/mol. The normalized spacial score (nSPS) is 25.4. The minimum atomic E-state index is -4.32. The molecule has 6 heteroatoms. The van der Waals surface area contributed by atoms with Gasteiger partial charge >= 0.3 is 6.18 Å². The van der Waals surface area contributed by atoms with E-state index in [4.69, 9.17) is 0 Å². The number of rotatable bonds is 5. The van der Waals surface area contributed by atoms with Crippen molar-refractivity contribution in [1.82, 2.24) is 10.2 Å². The summed E-state index contributed by atoms with van der Waals surface area (Å²) >= 11 is 0. The summed E-state index contributed by atoms with van der Waals surface area (Å²) in [5, 5.41) is 3.16. The number of carbonyl (C=O) groups is 1. The molecule has 0 bridgehead atoms. The van der Waals surface area contributed by atoms with Gasteiger partial charge in [0.25, 0.3) is 0 Å². The molecule has 1 heterocycles. The number of halogens is 3. The third-order valence-electron chi connectivity index (χ3n) is 4.05. The molecule has 19 heavy (non-hydrogen) atoms. The molecule has 0 spiro atoms. The molecule has 1 N–H and O–H groups in total. The Morgan fingerprint density at radius 1 is 1.37 bits per heavy atom. The van der Waals surface area contributed by atoms with Gasteiger partial charge in [0, 0.05) is 18.5 Å². The predicted octanol–water partition coefficient (Wildman–Crippen LogP) is 2.32. The molecule has 2 atom stereocenters. The van der Waals surface area contributed by atoms with Gasteiger partial charge in [0.15, 0.2) is 0 Å². The summed E-state index contributed by atoms with van der Waals surface area (Å²) in [6.07, 6.45) is -0.386. The topological polar surface area (TPSA) is 32.3 Å². The van der Waals surface area contributed by atoms with E-state index in [2.05, 4.69) is 5.32 Å². The molecule has 0 radical (unpaired) electrons. The maximum atomic E-state index is 12.6. The number of alkyl halides is 3. The van der Waals surface area contributed by atoms with Gasteiger partial charge in [-0.3, -0.25) is 4.79 Å². The number of hydrogen-bond acceptors (Lipinski definition) is 2. The molecule has 1 amide bonds. The molecule has 0 aromatic carbocycles. The van der Waals surface area contributed by atoms with E-state index in [9.17, 15) is 18.0 Å². The van der Waals surface area contributed by atoms with Crippen LogP contribution in [0.1, 0.15) is 39.0 Å². The van der Waals surface area contributed by atoms with Crippen molar-refractivity contribution in [3.8, 4) is 0 Å². The van der Waals surface area contributed by atoms with E-state index in [1.54, 1.807) is 6.92 Å². The van der Waals surface area contributed by atoms with Crippen molar-refractivity contribution in [2.75, 3.05) is 13.1 Å². The fourth-order valence-corrected chi connectivity index (χ4v) is 2.74. The van der Waals surface area contributed by atoms with Gasteiger partial charge in [0.1, 0.15) is 6.54 Å². The van der Waals surface area contributed by atoms with Crippen molar-refractivity contribution in [1.29, 1.82) is 0 Å². The summed E-state index contributed by atoms with van der Waals surface area (Å²) < 4.78 is 37.8. The number of hydrogen-bond donors (Lipinski definition) is 1. The number of nitrogens with zero attached hydrogens (tertiary/aromatic N) is 1. The second-order valence-electron chi connectivity index (χ2n) is 5.71. The van der Waals surface area contributed by atoms with Gasteiger partial charge in [-0.15, -0.1) is 0 Å². The molecule has 1 saturated heterocycles. The van der Waals surface area contributed by atoms with Crippen LogP contribution in [0.15, 0.2) is 0 Å². The molecule has 2 rings (SSSR count). The van der Waals surface area contributed by atoms with Crippen molar-refractivity contribution in [3.63, 3.8) is 0 Å². The zero-order valence-electron chi connectivity index (χ0n) is 11.2. The zero-order valence-corrected chi connectivity index (χ0v) is 11.2. The Labute approximate surface area is 111 Å². The first-order valence-corrected chi connectivity index (χ1v) is 6.96. The second kappa shape index (κ2) is 5.69. The fourth-order valence-electron chi connectivity index (χ4n) is 2.74. The van der Waals surface area contributed by atoms with Crippen LogP contribution in [0.2, 0.25) is 0 Å². The quantitative estimate of drug-likeness (QED) is 0.837. The molecule has 1 aliphatic heterocycles. The molecule has 2 unspecified atom stereocenters. The molecular formula is C13H21F3N2O. The highest BCUT2D eigenvalue weighted by Gasteiger charge is 2.40. The van der Waals surface area contributed by atoms with Gasteiger partial charge in [0.2, 0.25) is 5.91 Å². The van der Waals surface area contributed by atoms with Crippen LogP contribution >= 0.6 is 0 Å². The first-order valence-electron chi connectivity index (χ1n) is 6.96. The van der Waals surface area contributed by atoms with Crippen molar-refractivity contribution in [3.05, 3.63) is 0 Å². The molecule has 2 fully saturated rings. The summed E-state index contributed by atoms with van der Waals surface area (Å²) in [6.45, 7) is 1.48. The monoisotopic (exact) mass is 278 g/mol. The summed E-state index contributed by atoms with van der Waals surface area (Å²) in [6, 6.07) is -0.245. The SMILES string of the molecule is CC(C1CC1)N(CC(F)(F)F)C(=O)CC1CCCN1. The first-order chi connectivity index (χ1) is 8.87. The Morgan fingerprint density at radius 3 is 2.53 bits per heavy atom. The van der Waals surface area contributed by atoms with E-state index in [-0.39, 0.29) is 30.3 Å². The molecule has 1 aliphatic carbocycles. The van der Waals surface area contributed by atoms with Gasteiger partial charge in [-0.1, -0.05) is 0 Å².